The summed E-state index contributed by atoms with van der Waals surface area (Å²) in [6.07, 6.45) is 0. The third kappa shape index (κ3) is 3.82. The molecule has 0 atom stereocenters. The van der Waals surface area contributed by atoms with Crippen molar-refractivity contribution in [3.05, 3.63) is 36.4 Å². The summed E-state index contributed by atoms with van der Waals surface area (Å²) in [6.45, 7) is 2.29. The van der Waals surface area contributed by atoms with Crippen LogP contribution in [-0.4, -0.2) is 20.8 Å². The van der Waals surface area contributed by atoms with Crippen LogP contribution in [0.4, 0.5) is 11.4 Å². The highest BCUT2D eigenvalue weighted by Gasteiger charge is 2.09. The Bertz CT molecular complexity index is 716. The molecule has 2 rings (SSSR count). The van der Waals surface area contributed by atoms with Gasteiger partial charge in [0.15, 0.2) is 0 Å². The second-order valence-corrected chi connectivity index (χ2v) is 4.48. The first kappa shape index (κ1) is 16.4. The third-order valence-electron chi connectivity index (χ3n) is 3.15. The average molecular weight is 314 g/mol. The number of methoxy groups -OCH3 is 2. The summed E-state index contributed by atoms with van der Waals surface area (Å²) in [5.74, 6) is 1.12. The molecule has 0 spiro atoms. The van der Waals surface area contributed by atoms with Crippen molar-refractivity contribution in [3.8, 4) is 22.6 Å². The van der Waals surface area contributed by atoms with Crippen LogP contribution in [-0.2, 0) is 4.84 Å². The molecule has 120 valence electrons. The molecule has 0 unspecified atom stereocenters. The second-order valence-electron chi connectivity index (χ2n) is 4.48. The van der Waals surface area contributed by atoms with Crippen LogP contribution in [0.2, 0.25) is 0 Å². The lowest BCUT2D eigenvalue weighted by Crippen LogP contribution is -1.88. The zero-order chi connectivity index (χ0) is 16.7. The lowest BCUT2D eigenvalue weighted by Gasteiger charge is -2.09. The van der Waals surface area contributed by atoms with E-state index in [1.54, 1.807) is 26.4 Å². The van der Waals surface area contributed by atoms with Gasteiger partial charge in [0.1, 0.15) is 29.5 Å². The number of nitrogens with one attached hydrogen (secondary N) is 1. The van der Waals surface area contributed by atoms with Crippen LogP contribution >= 0.6 is 0 Å². The van der Waals surface area contributed by atoms with Crippen molar-refractivity contribution in [2.75, 3.05) is 20.8 Å². The maximum atomic E-state index is 7.13. The van der Waals surface area contributed by atoms with Crippen molar-refractivity contribution < 1.29 is 14.3 Å². The van der Waals surface area contributed by atoms with Crippen LogP contribution < -0.4 is 9.47 Å². The topological polar surface area (TPSA) is 88.6 Å². The van der Waals surface area contributed by atoms with Crippen LogP contribution in [0.1, 0.15) is 6.92 Å². The van der Waals surface area contributed by atoms with Crippen molar-refractivity contribution in [2.45, 2.75) is 6.92 Å². The van der Waals surface area contributed by atoms with Gasteiger partial charge in [-0.15, -0.1) is 5.11 Å². The van der Waals surface area contributed by atoms with Gasteiger partial charge >= 0.3 is 0 Å². The van der Waals surface area contributed by atoms with E-state index in [0.717, 1.165) is 11.1 Å². The number of rotatable bonds is 7. The minimum Gasteiger partial charge on any atom is -0.494 e. The third-order valence-corrected chi connectivity index (χ3v) is 3.15. The number of hydrogen-bond donors (Lipinski definition) is 1. The Morgan fingerprint density at radius 3 is 2.00 bits per heavy atom. The number of ether oxygens (including phenoxy) is 2. The Balaban J connectivity index is 2.39. The fourth-order valence-corrected chi connectivity index (χ4v) is 2.02. The first-order chi connectivity index (χ1) is 11.2. The quantitative estimate of drug-likeness (QED) is 0.571. The largest absolute Gasteiger partial charge is 0.494 e. The van der Waals surface area contributed by atoms with Gasteiger partial charge < -0.3 is 14.3 Å². The summed E-state index contributed by atoms with van der Waals surface area (Å²) >= 11 is 0. The number of nitrogens with zero attached hydrogens (tertiary/aromatic N) is 3. The van der Waals surface area contributed by atoms with E-state index < -0.39 is 0 Å². The van der Waals surface area contributed by atoms with Crippen LogP contribution in [0, 0.1) is 5.53 Å². The van der Waals surface area contributed by atoms with Gasteiger partial charge in [-0.2, -0.15) is 5.11 Å². The molecular weight excluding hydrogens is 296 g/mol. The first-order valence-corrected chi connectivity index (χ1v) is 7.00. The monoisotopic (exact) mass is 314 g/mol. The Hall–Kier alpha value is -2.96. The van der Waals surface area contributed by atoms with Crippen LogP contribution in [0.5, 0.6) is 11.5 Å². The van der Waals surface area contributed by atoms with Gasteiger partial charge in [-0.05, 0) is 42.3 Å². The molecule has 7 nitrogen and oxygen atoms in total. The van der Waals surface area contributed by atoms with E-state index in [2.05, 4.69) is 15.5 Å². The van der Waals surface area contributed by atoms with Gasteiger partial charge in [-0.1, -0.05) is 12.1 Å². The molecule has 2 aromatic carbocycles. The van der Waals surface area contributed by atoms with E-state index in [1.165, 1.54) is 0 Å². The standard InChI is InChI=1S/C16H18N4O3/c1-4-23-20-19-14-8-6-12(10-16(14)22-3)11-5-7-13(18-17)15(9-11)21-2/h5-10,17H,4H2,1-3H3. The van der Waals surface area contributed by atoms with E-state index in [0.29, 0.717) is 29.5 Å². The van der Waals surface area contributed by atoms with E-state index in [4.69, 9.17) is 19.8 Å². The summed E-state index contributed by atoms with van der Waals surface area (Å²) in [6, 6.07) is 11.0. The molecule has 0 aliphatic rings. The Morgan fingerprint density at radius 1 is 0.913 bits per heavy atom. The van der Waals surface area contributed by atoms with Gasteiger partial charge in [0.25, 0.3) is 0 Å². The molecule has 0 amide bonds. The molecule has 2 aromatic rings. The van der Waals surface area contributed by atoms with Gasteiger partial charge in [-0.25, -0.2) is 5.53 Å². The highest BCUT2D eigenvalue weighted by Crippen LogP contribution is 2.36. The van der Waals surface area contributed by atoms with Gasteiger partial charge in [0, 0.05) is 5.28 Å². The first-order valence-electron chi connectivity index (χ1n) is 7.00. The number of benzene rings is 2. The minimum atomic E-state index is 0.455. The Kier molecular flexibility index (Phi) is 5.62. The molecule has 0 aliphatic carbocycles. The molecular formula is C16H18N4O3. The van der Waals surface area contributed by atoms with Crippen molar-refractivity contribution in [2.24, 2.45) is 15.5 Å². The molecule has 0 saturated carbocycles. The summed E-state index contributed by atoms with van der Waals surface area (Å²) in [4.78, 5) is 4.87. The second kappa shape index (κ2) is 7.88. The SMILES string of the molecule is CCON=Nc1ccc(-c2ccc(N=N)c(OC)c2)cc1OC. The molecule has 0 radical (unpaired) electrons. The zero-order valence-electron chi connectivity index (χ0n) is 13.2. The smallest absolute Gasteiger partial charge is 0.147 e. The van der Waals surface area contributed by atoms with Crippen molar-refractivity contribution >= 4 is 11.4 Å². The molecule has 0 bridgehead atoms. The Labute approximate surface area is 134 Å². The maximum Gasteiger partial charge on any atom is 0.147 e. The maximum absolute atomic E-state index is 7.13. The van der Waals surface area contributed by atoms with E-state index in [1.807, 2.05) is 31.2 Å². The molecule has 0 fully saturated rings. The minimum absolute atomic E-state index is 0.455. The van der Waals surface area contributed by atoms with E-state index in [9.17, 15) is 0 Å². The van der Waals surface area contributed by atoms with Crippen molar-refractivity contribution in [3.63, 3.8) is 0 Å². The normalized spacial score (nSPS) is 10.6. The summed E-state index contributed by atoms with van der Waals surface area (Å²) < 4.78 is 10.6. The molecule has 1 N–H and O–H groups in total. The van der Waals surface area contributed by atoms with E-state index in [-0.39, 0.29) is 0 Å². The van der Waals surface area contributed by atoms with Gasteiger partial charge in [0.05, 0.1) is 14.2 Å². The van der Waals surface area contributed by atoms with Crippen LogP contribution in [0.3, 0.4) is 0 Å². The molecule has 0 aliphatic heterocycles. The van der Waals surface area contributed by atoms with Gasteiger partial charge in [0.2, 0.25) is 0 Å². The highest BCUT2D eigenvalue weighted by molar-refractivity contribution is 5.73. The highest BCUT2D eigenvalue weighted by atomic mass is 16.6. The number of hydrogen-bond acceptors (Lipinski definition) is 7. The zero-order valence-corrected chi connectivity index (χ0v) is 13.2. The predicted molar refractivity (Wildman–Crippen MR) is 85.9 cm³/mol. The Morgan fingerprint density at radius 2 is 1.48 bits per heavy atom. The van der Waals surface area contributed by atoms with Crippen LogP contribution in [0.25, 0.3) is 11.1 Å². The van der Waals surface area contributed by atoms with E-state index >= 15 is 0 Å². The summed E-state index contributed by atoms with van der Waals surface area (Å²) in [5, 5.41) is 11.0. The molecule has 0 heterocycles. The lowest BCUT2D eigenvalue weighted by atomic mass is 10.0. The van der Waals surface area contributed by atoms with Gasteiger partial charge in [-0.3, -0.25) is 0 Å². The summed E-state index contributed by atoms with van der Waals surface area (Å²) in [7, 11) is 3.12. The van der Waals surface area contributed by atoms with Crippen molar-refractivity contribution in [1.82, 2.24) is 0 Å². The molecule has 0 saturated heterocycles. The van der Waals surface area contributed by atoms with Crippen LogP contribution in [0.15, 0.2) is 51.9 Å². The molecule has 7 heteroatoms. The fourth-order valence-electron chi connectivity index (χ4n) is 2.02. The molecule has 23 heavy (non-hydrogen) atoms. The average Bonchev–Trinajstić information content (AvgIpc) is 2.61. The predicted octanol–water partition coefficient (Wildman–Crippen LogP) is 5.07. The molecule has 0 aromatic heterocycles. The fraction of sp³-hybridized carbons (Fsp3) is 0.250. The van der Waals surface area contributed by atoms with Crippen molar-refractivity contribution in [1.29, 1.82) is 5.53 Å². The summed E-state index contributed by atoms with van der Waals surface area (Å²) in [5.41, 5.74) is 10.0. The lowest BCUT2D eigenvalue weighted by molar-refractivity contribution is 0.139.